The Morgan fingerprint density at radius 2 is 1.95 bits per heavy atom. The number of anilines is 1. The number of carbonyl (C=O) groups is 1. The van der Waals surface area contributed by atoms with Crippen LogP contribution in [0.3, 0.4) is 0 Å². The van der Waals surface area contributed by atoms with E-state index >= 15 is 0 Å². The van der Waals surface area contributed by atoms with Gasteiger partial charge in [-0.3, -0.25) is 9.88 Å². The number of rotatable bonds is 2. The van der Waals surface area contributed by atoms with E-state index in [2.05, 4.69) is 10.3 Å². The van der Waals surface area contributed by atoms with Crippen molar-refractivity contribution in [1.29, 1.82) is 0 Å². The van der Waals surface area contributed by atoms with Gasteiger partial charge >= 0.3 is 6.03 Å². The molecular weight excluding hydrogens is 237 g/mol. The summed E-state index contributed by atoms with van der Waals surface area (Å²) in [7, 11) is 5.67. The van der Waals surface area contributed by atoms with Gasteiger partial charge in [0.05, 0.1) is 5.69 Å². The Morgan fingerprint density at radius 3 is 2.58 bits per heavy atom. The minimum Gasteiger partial charge on any atom is -0.336 e. The molecule has 3 rings (SSSR count). The lowest BCUT2D eigenvalue weighted by Gasteiger charge is -2.14. The molecule has 1 saturated heterocycles. The third-order valence-corrected chi connectivity index (χ3v) is 3.10. The van der Waals surface area contributed by atoms with Crippen molar-refractivity contribution < 1.29 is 4.79 Å². The van der Waals surface area contributed by atoms with Crippen LogP contribution in [0.25, 0.3) is 11.3 Å². The van der Waals surface area contributed by atoms with Gasteiger partial charge in [0, 0.05) is 24.3 Å². The van der Waals surface area contributed by atoms with Crippen LogP contribution in [0.1, 0.15) is 0 Å². The average Bonchev–Trinajstić information content (AvgIpc) is 2.85. The van der Waals surface area contributed by atoms with Crippen LogP contribution >= 0.6 is 0 Å². The van der Waals surface area contributed by atoms with Crippen LogP contribution < -0.4 is 15.8 Å². The van der Waals surface area contributed by atoms with E-state index in [1.807, 2.05) is 36.4 Å². The molecule has 2 radical (unpaired) electrons. The quantitative estimate of drug-likeness (QED) is 0.809. The standard InChI is InChI=1S/C14H12BN3O/c15-13-3-1-2-12(17-13)10-4-6-11(7-5-10)18-9-8-16-14(18)19/h1-7H,8-9H2,(H,16,19). The molecular formula is C14H12BN3O. The Balaban J connectivity index is 1.88. The molecule has 0 unspecified atom stereocenters. The molecule has 2 amide bonds. The number of urea groups is 1. The predicted molar refractivity (Wildman–Crippen MR) is 75.8 cm³/mol. The summed E-state index contributed by atoms with van der Waals surface area (Å²) in [6.07, 6.45) is 0. The molecule has 1 aliphatic rings. The van der Waals surface area contributed by atoms with Crippen LogP contribution in [0.5, 0.6) is 0 Å². The summed E-state index contributed by atoms with van der Waals surface area (Å²) in [4.78, 5) is 17.5. The van der Waals surface area contributed by atoms with Crippen molar-refractivity contribution in [2.24, 2.45) is 0 Å². The van der Waals surface area contributed by atoms with Crippen LogP contribution in [0.2, 0.25) is 0 Å². The SMILES string of the molecule is [B]c1cccc(-c2ccc(N3CCNC3=O)cc2)n1. The highest BCUT2D eigenvalue weighted by molar-refractivity contribution is 6.30. The van der Waals surface area contributed by atoms with Crippen molar-refractivity contribution >= 4 is 25.2 Å². The molecule has 0 bridgehead atoms. The molecule has 1 aliphatic heterocycles. The van der Waals surface area contributed by atoms with Gasteiger partial charge in [-0.05, 0) is 23.8 Å². The lowest BCUT2D eigenvalue weighted by molar-refractivity contribution is 0.252. The summed E-state index contributed by atoms with van der Waals surface area (Å²) in [6.45, 7) is 1.39. The van der Waals surface area contributed by atoms with E-state index in [-0.39, 0.29) is 6.03 Å². The maximum atomic E-state index is 11.6. The topological polar surface area (TPSA) is 45.2 Å². The Labute approximate surface area is 112 Å². The minimum atomic E-state index is -0.0465. The molecule has 0 aliphatic carbocycles. The van der Waals surface area contributed by atoms with E-state index in [0.717, 1.165) is 16.9 Å². The second-order valence-corrected chi connectivity index (χ2v) is 4.38. The highest BCUT2D eigenvalue weighted by Crippen LogP contribution is 2.22. The summed E-state index contributed by atoms with van der Waals surface area (Å²) in [5, 5.41) is 2.78. The zero-order valence-corrected chi connectivity index (χ0v) is 10.3. The van der Waals surface area contributed by atoms with Crippen molar-refractivity contribution in [2.75, 3.05) is 18.0 Å². The summed E-state index contributed by atoms with van der Waals surface area (Å²) in [6, 6.07) is 13.2. The number of carbonyl (C=O) groups excluding carboxylic acids is 1. The Kier molecular flexibility index (Phi) is 2.95. The molecule has 1 N–H and O–H groups in total. The molecule has 1 fully saturated rings. The molecule has 0 atom stereocenters. The summed E-state index contributed by atoms with van der Waals surface area (Å²) in [5.41, 5.74) is 3.20. The zero-order chi connectivity index (χ0) is 13.2. The van der Waals surface area contributed by atoms with Crippen LogP contribution in [0.15, 0.2) is 42.5 Å². The van der Waals surface area contributed by atoms with Gasteiger partial charge in [0.15, 0.2) is 0 Å². The number of nitrogens with one attached hydrogen (secondary N) is 1. The maximum Gasteiger partial charge on any atom is 0.321 e. The fraction of sp³-hybridized carbons (Fsp3) is 0.143. The third-order valence-electron chi connectivity index (χ3n) is 3.10. The first-order valence-electron chi connectivity index (χ1n) is 6.12. The molecule has 2 heterocycles. The summed E-state index contributed by atoms with van der Waals surface area (Å²) < 4.78 is 0. The van der Waals surface area contributed by atoms with Gasteiger partial charge < -0.3 is 5.32 Å². The van der Waals surface area contributed by atoms with E-state index in [4.69, 9.17) is 7.85 Å². The van der Waals surface area contributed by atoms with Crippen LogP contribution in [0, 0.1) is 0 Å². The Morgan fingerprint density at radius 1 is 1.16 bits per heavy atom. The van der Waals surface area contributed by atoms with Gasteiger partial charge in [0.2, 0.25) is 0 Å². The molecule has 1 aromatic heterocycles. The first kappa shape index (κ1) is 11.8. The highest BCUT2D eigenvalue weighted by Gasteiger charge is 2.20. The summed E-state index contributed by atoms with van der Waals surface area (Å²) >= 11 is 0. The van der Waals surface area contributed by atoms with Gasteiger partial charge in [-0.25, -0.2) is 4.79 Å². The largest absolute Gasteiger partial charge is 0.336 e. The molecule has 2 aromatic rings. The number of hydrogen-bond acceptors (Lipinski definition) is 2. The van der Waals surface area contributed by atoms with E-state index in [1.165, 1.54) is 0 Å². The zero-order valence-electron chi connectivity index (χ0n) is 10.3. The van der Waals surface area contributed by atoms with Crippen molar-refractivity contribution in [2.45, 2.75) is 0 Å². The first-order chi connectivity index (χ1) is 9.24. The van der Waals surface area contributed by atoms with E-state index in [1.54, 1.807) is 11.0 Å². The molecule has 0 spiro atoms. The van der Waals surface area contributed by atoms with Crippen molar-refractivity contribution in [3.8, 4) is 11.3 Å². The molecule has 1 aromatic carbocycles. The van der Waals surface area contributed by atoms with Crippen molar-refractivity contribution in [3.63, 3.8) is 0 Å². The number of amides is 2. The lowest BCUT2D eigenvalue weighted by atomic mass is 10.0. The number of nitrogens with zero attached hydrogens (tertiary/aromatic N) is 2. The number of aromatic nitrogens is 1. The third kappa shape index (κ3) is 2.31. The summed E-state index contributed by atoms with van der Waals surface area (Å²) in [5.74, 6) is 0. The fourth-order valence-corrected chi connectivity index (χ4v) is 2.14. The molecule has 0 saturated carbocycles. The Hall–Kier alpha value is -2.30. The Bertz CT molecular complexity index is 612. The molecule has 19 heavy (non-hydrogen) atoms. The average molecular weight is 249 g/mol. The fourth-order valence-electron chi connectivity index (χ4n) is 2.14. The van der Waals surface area contributed by atoms with Crippen molar-refractivity contribution in [1.82, 2.24) is 10.3 Å². The van der Waals surface area contributed by atoms with Crippen LogP contribution in [-0.4, -0.2) is 32.0 Å². The van der Waals surface area contributed by atoms with E-state index in [0.29, 0.717) is 18.7 Å². The second kappa shape index (κ2) is 4.76. The highest BCUT2D eigenvalue weighted by atomic mass is 16.2. The van der Waals surface area contributed by atoms with Gasteiger partial charge in [0.25, 0.3) is 0 Å². The second-order valence-electron chi connectivity index (χ2n) is 4.38. The van der Waals surface area contributed by atoms with Gasteiger partial charge in [-0.15, -0.1) is 0 Å². The van der Waals surface area contributed by atoms with Gasteiger partial charge in [-0.1, -0.05) is 24.3 Å². The van der Waals surface area contributed by atoms with Crippen LogP contribution in [0.4, 0.5) is 10.5 Å². The number of hydrogen-bond donors (Lipinski definition) is 1. The lowest BCUT2D eigenvalue weighted by Crippen LogP contribution is -2.27. The molecule has 92 valence electrons. The van der Waals surface area contributed by atoms with E-state index in [9.17, 15) is 4.79 Å². The minimum absolute atomic E-state index is 0.0465. The number of benzene rings is 1. The van der Waals surface area contributed by atoms with Crippen LogP contribution in [-0.2, 0) is 0 Å². The predicted octanol–water partition coefficient (Wildman–Crippen LogP) is 1.07. The molecule has 5 heteroatoms. The monoisotopic (exact) mass is 249 g/mol. The van der Waals surface area contributed by atoms with Gasteiger partial charge in [-0.2, -0.15) is 0 Å². The van der Waals surface area contributed by atoms with Gasteiger partial charge in [0.1, 0.15) is 7.85 Å². The smallest absolute Gasteiger partial charge is 0.321 e. The maximum absolute atomic E-state index is 11.6. The number of pyridine rings is 1. The molecule has 4 nitrogen and oxygen atoms in total. The first-order valence-corrected chi connectivity index (χ1v) is 6.12. The van der Waals surface area contributed by atoms with Crippen molar-refractivity contribution in [3.05, 3.63) is 42.5 Å². The normalized spacial score (nSPS) is 14.5. The van der Waals surface area contributed by atoms with E-state index < -0.39 is 0 Å².